The number of hydrogen-bond acceptors (Lipinski definition) is 4. The number of aromatic nitrogens is 1. The van der Waals surface area contributed by atoms with Gasteiger partial charge in [-0.1, -0.05) is 37.2 Å². The summed E-state index contributed by atoms with van der Waals surface area (Å²) in [5.41, 5.74) is 0.959. The van der Waals surface area contributed by atoms with Gasteiger partial charge in [-0.15, -0.1) is 0 Å². The zero-order chi connectivity index (χ0) is 16.5. The second kappa shape index (κ2) is 8.82. The Balaban J connectivity index is 1.69. The van der Waals surface area contributed by atoms with E-state index in [1.807, 2.05) is 36.4 Å². The van der Waals surface area contributed by atoms with Crippen molar-refractivity contribution in [1.82, 2.24) is 15.8 Å². The fraction of sp³-hybridized carbons (Fsp3) is 0.412. The van der Waals surface area contributed by atoms with Crippen LogP contribution in [0.15, 0.2) is 45.9 Å². The average Bonchev–Trinajstić information content (AvgIpc) is 3.04. The summed E-state index contributed by atoms with van der Waals surface area (Å²) in [5.74, 6) is 2.71. The molecule has 0 saturated heterocycles. The Bertz CT molecular complexity index is 608. The van der Waals surface area contributed by atoms with Gasteiger partial charge < -0.3 is 19.9 Å². The Morgan fingerprint density at radius 3 is 2.70 bits per heavy atom. The second-order valence-electron chi connectivity index (χ2n) is 5.39. The first-order chi connectivity index (χ1) is 11.2. The van der Waals surface area contributed by atoms with E-state index in [1.165, 1.54) is 0 Å². The van der Waals surface area contributed by atoms with Gasteiger partial charge in [-0.25, -0.2) is 0 Å². The molecule has 2 N–H and O–H groups in total. The van der Waals surface area contributed by atoms with Crippen molar-refractivity contribution in [2.75, 3.05) is 20.2 Å². The van der Waals surface area contributed by atoms with Gasteiger partial charge in [0, 0.05) is 13.1 Å². The van der Waals surface area contributed by atoms with Crippen LogP contribution < -0.4 is 15.4 Å². The monoisotopic (exact) mass is 316 g/mol. The number of para-hydroxylation sites is 1. The van der Waals surface area contributed by atoms with Gasteiger partial charge in [0.2, 0.25) is 0 Å². The molecule has 2 rings (SSSR count). The fourth-order valence-electron chi connectivity index (χ4n) is 1.93. The summed E-state index contributed by atoms with van der Waals surface area (Å²) >= 11 is 0. The summed E-state index contributed by atoms with van der Waals surface area (Å²) in [4.78, 5) is 4.17. The van der Waals surface area contributed by atoms with Crippen molar-refractivity contribution in [1.29, 1.82) is 0 Å². The lowest BCUT2D eigenvalue weighted by Crippen LogP contribution is -2.38. The summed E-state index contributed by atoms with van der Waals surface area (Å²) in [6, 6.07) is 11.7. The summed E-state index contributed by atoms with van der Waals surface area (Å²) in [6.07, 6.45) is 0. The van der Waals surface area contributed by atoms with Crippen LogP contribution in [0.25, 0.3) is 0 Å². The Kier molecular flexibility index (Phi) is 6.47. The molecule has 23 heavy (non-hydrogen) atoms. The molecular formula is C17H24N4O2. The van der Waals surface area contributed by atoms with Crippen molar-refractivity contribution in [3.63, 3.8) is 0 Å². The first kappa shape index (κ1) is 16.9. The minimum Gasteiger partial charge on any atom is -0.492 e. The molecule has 0 aliphatic rings. The third-order valence-electron chi connectivity index (χ3n) is 3.23. The summed E-state index contributed by atoms with van der Waals surface area (Å²) in [5, 5.41) is 10.4. The molecule has 124 valence electrons. The number of benzene rings is 1. The highest BCUT2D eigenvalue weighted by Crippen LogP contribution is 2.13. The molecule has 1 aromatic heterocycles. The molecule has 0 aliphatic carbocycles. The second-order valence-corrected chi connectivity index (χ2v) is 5.39. The third-order valence-corrected chi connectivity index (χ3v) is 3.23. The first-order valence-corrected chi connectivity index (χ1v) is 7.77. The molecular weight excluding hydrogens is 292 g/mol. The van der Waals surface area contributed by atoms with Crippen LogP contribution in [0.2, 0.25) is 0 Å². The molecule has 2 aromatic rings. The van der Waals surface area contributed by atoms with Crippen molar-refractivity contribution < 1.29 is 9.26 Å². The quantitative estimate of drug-likeness (QED) is 0.466. The summed E-state index contributed by atoms with van der Waals surface area (Å²) < 4.78 is 10.9. The van der Waals surface area contributed by atoms with E-state index in [-0.39, 0.29) is 0 Å². The standard InChI is InChI=1S/C17H24N4O2/c1-13(2)16-11-15(23-21-16)12-20-17(18-3)19-9-10-22-14-7-5-4-6-8-14/h4-8,11,13H,9-10,12H2,1-3H3,(H2,18,19,20). The van der Waals surface area contributed by atoms with Crippen molar-refractivity contribution in [2.45, 2.75) is 26.3 Å². The van der Waals surface area contributed by atoms with E-state index >= 15 is 0 Å². The third kappa shape index (κ3) is 5.65. The van der Waals surface area contributed by atoms with Crippen molar-refractivity contribution in [3.05, 3.63) is 47.9 Å². The van der Waals surface area contributed by atoms with Crippen LogP contribution >= 0.6 is 0 Å². The predicted molar refractivity (Wildman–Crippen MR) is 90.7 cm³/mol. The van der Waals surface area contributed by atoms with Crippen molar-refractivity contribution in [2.24, 2.45) is 4.99 Å². The minimum absolute atomic E-state index is 0.361. The van der Waals surface area contributed by atoms with Gasteiger partial charge in [-0.05, 0) is 18.1 Å². The Morgan fingerprint density at radius 1 is 1.26 bits per heavy atom. The first-order valence-electron chi connectivity index (χ1n) is 7.77. The SMILES string of the molecule is CN=C(NCCOc1ccccc1)NCc1cc(C(C)C)no1. The van der Waals surface area contributed by atoms with Crippen molar-refractivity contribution >= 4 is 5.96 Å². The number of hydrogen-bond donors (Lipinski definition) is 2. The van der Waals surface area contributed by atoms with Crippen LogP contribution in [0.3, 0.4) is 0 Å². The number of guanidine groups is 1. The Hall–Kier alpha value is -2.50. The highest BCUT2D eigenvalue weighted by atomic mass is 16.5. The van der Waals surface area contributed by atoms with Gasteiger partial charge >= 0.3 is 0 Å². The number of aliphatic imine (C=N–C) groups is 1. The van der Waals surface area contributed by atoms with E-state index in [4.69, 9.17) is 9.26 Å². The molecule has 0 aliphatic heterocycles. The van der Waals surface area contributed by atoms with Gasteiger partial charge in [-0.3, -0.25) is 4.99 Å². The maximum atomic E-state index is 5.62. The minimum atomic E-state index is 0.361. The van der Waals surface area contributed by atoms with E-state index < -0.39 is 0 Å². The number of rotatable bonds is 7. The molecule has 0 saturated carbocycles. The molecule has 0 radical (unpaired) electrons. The van der Waals surface area contributed by atoms with Crippen molar-refractivity contribution in [3.8, 4) is 5.75 Å². The Morgan fingerprint density at radius 2 is 2.04 bits per heavy atom. The van der Waals surface area contributed by atoms with E-state index in [2.05, 4.69) is 34.6 Å². The maximum absolute atomic E-state index is 5.62. The molecule has 0 spiro atoms. The summed E-state index contributed by atoms with van der Waals surface area (Å²) in [6.45, 7) is 5.93. The lowest BCUT2D eigenvalue weighted by Gasteiger charge is -2.11. The highest BCUT2D eigenvalue weighted by Gasteiger charge is 2.08. The molecule has 6 heteroatoms. The largest absolute Gasteiger partial charge is 0.492 e. The van der Waals surface area contributed by atoms with Gasteiger partial charge in [0.1, 0.15) is 12.4 Å². The van der Waals surface area contributed by atoms with E-state index in [0.717, 1.165) is 17.2 Å². The number of ether oxygens (including phenoxy) is 1. The van der Waals surface area contributed by atoms with E-state index in [0.29, 0.717) is 31.6 Å². The topological polar surface area (TPSA) is 71.7 Å². The lowest BCUT2D eigenvalue weighted by molar-refractivity contribution is 0.321. The smallest absolute Gasteiger partial charge is 0.191 e. The molecule has 0 unspecified atom stereocenters. The van der Waals surface area contributed by atoms with Gasteiger partial charge in [-0.2, -0.15) is 0 Å². The van der Waals surface area contributed by atoms with Gasteiger partial charge in [0.25, 0.3) is 0 Å². The Labute approximate surface area is 136 Å². The molecule has 1 aromatic carbocycles. The average molecular weight is 316 g/mol. The molecule has 0 bridgehead atoms. The summed E-state index contributed by atoms with van der Waals surface area (Å²) in [7, 11) is 1.73. The number of nitrogens with zero attached hydrogens (tertiary/aromatic N) is 2. The maximum Gasteiger partial charge on any atom is 0.191 e. The predicted octanol–water partition coefficient (Wildman–Crippen LogP) is 2.54. The fourth-order valence-corrected chi connectivity index (χ4v) is 1.93. The van der Waals surface area contributed by atoms with Gasteiger partial charge in [0.15, 0.2) is 11.7 Å². The zero-order valence-electron chi connectivity index (χ0n) is 13.9. The van der Waals surface area contributed by atoms with Crippen LogP contribution in [0.5, 0.6) is 5.75 Å². The van der Waals surface area contributed by atoms with E-state index in [1.54, 1.807) is 7.05 Å². The molecule has 0 fully saturated rings. The number of nitrogens with one attached hydrogen (secondary N) is 2. The van der Waals surface area contributed by atoms with Crippen LogP contribution in [0, 0.1) is 0 Å². The molecule has 6 nitrogen and oxygen atoms in total. The molecule has 0 amide bonds. The van der Waals surface area contributed by atoms with Crippen LogP contribution in [-0.2, 0) is 6.54 Å². The van der Waals surface area contributed by atoms with Gasteiger partial charge in [0.05, 0.1) is 18.8 Å². The van der Waals surface area contributed by atoms with Crippen LogP contribution in [0.4, 0.5) is 0 Å². The zero-order valence-corrected chi connectivity index (χ0v) is 13.9. The molecule has 1 heterocycles. The lowest BCUT2D eigenvalue weighted by atomic mass is 10.1. The van der Waals surface area contributed by atoms with E-state index in [9.17, 15) is 0 Å². The normalized spacial score (nSPS) is 11.6. The van der Waals surface area contributed by atoms with Crippen LogP contribution in [0.1, 0.15) is 31.2 Å². The highest BCUT2D eigenvalue weighted by molar-refractivity contribution is 5.79. The van der Waals surface area contributed by atoms with Crippen LogP contribution in [-0.4, -0.2) is 31.3 Å². The molecule has 0 atom stereocenters.